The van der Waals surface area contributed by atoms with Crippen molar-refractivity contribution in [1.29, 1.82) is 0 Å². The smallest absolute Gasteiger partial charge is 0.246 e. The summed E-state index contributed by atoms with van der Waals surface area (Å²) in [4.78, 5) is 22.9. The van der Waals surface area contributed by atoms with Crippen LogP contribution < -0.4 is 10.7 Å². The molecule has 0 saturated carbocycles. The lowest BCUT2D eigenvalue weighted by Gasteiger charge is -2.08. The Morgan fingerprint density at radius 3 is 2.90 bits per heavy atom. The molecule has 0 fully saturated rings. The first-order valence-electron chi connectivity index (χ1n) is 7.26. The number of hydrogen-bond acceptors (Lipinski definition) is 3. The van der Waals surface area contributed by atoms with Gasteiger partial charge in [0.05, 0.1) is 12.1 Å². The van der Waals surface area contributed by atoms with E-state index in [9.17, 15) is 9.59 Å². The van der Waals surface area contributed by atoms with Gasteiger partial charge in [0.2, 0.25) is 11.8 Å². The number of nitrogens with zero attached hydrogens (tertiary/aromatic N) is 1. The number of rotatable bonds is 6. The van der Waals surface area contributed by atoms with Crippen LogP contribution in [0.3, 0.4) is 0 Å². The number of hydrogen-bond donors (Lipinski definition) is 2. The Bertz CT molecular complexity index is 564. The number of amides is 2. The van der Waals surface area contributed by atoms with Crippen LogP contribution in [-0.4, -0.2) is 17.5 Å². The van der Waals surface area contributed by atoms with Gasteiger partial charge < -0.3 is 5.32 Å². The monoisotopic (exact) mass is 287 g/mol. The Morgan fingerprint density at radius 1 is 1.43 bits per heavy atom. The van der Waals surface area contributed by atoms with Crippen molar-refractivity contribution in [1.82, 2.24) is 10.7 Å². The molecule has 1 aromatic carbocycles. The second-order valence-corrected chi connectivity index (χ2v) is 5.68. The van der Waals surface area contributed by atoms with Crippen molar-refractivity contribution in [2.75, 3.05) is 0 Å². The van der Waals surface area contributed by atoms with E-state index < -0.39 is 0 Å². The van der Waals surface area contributed by atoms with Crippen molar-refractivity contribution in [3.05, 3.63) is 35.4 Å². The molecule has 1 heterocycles. The molecular formula is C16H21N3O2. The van der Waals surface area contributed by atoms with Gasteiger partial charge in [-0.1, -0.05) is 32.0 Å². The molecule has 1 aliphatic heterocycles. The van der Waals surface area contributed by atoms with E-state index in [2.05, 4.69) is 29.7 Å². The number of benzene rings is 1. The first-order chi connectivity index (χ1) is 10.0. The summed E-state index contributed by atoms with van der Waals surface area (Å²) in [5.74, 6) is 0.519. The average molecular weight is 287 g/mol. The van der Waals surface area contributed by atoms with Crippen molar-refractivity contribution in [2.24, 2.45) is 11.0 Å². The van der Waals surface area contributed by atoms with Gasteiger partial charge in [0.15, 0.2) is 0 Å². The summed E-state index contributed by atoms with van der Waals surface area (Å²) in [6.07, 6.45) is 1.77. The largest absolute Gasteiger partial charge is 0.352 e. The van der Waals surface area contributed by atoms with Crippen LogP contribution in [0.25, 0.3) is 0 Å². The summed E-state index contributed by atoms with van der Waals surface area (Å²) in [5.41, 5.74) is 5.11. The third-order valence-electron chi connectivity index (χ3n) is 3.34. The summed E-state index contributed by atoms with van der Waals surface area (Å²) < 4.78 is 0. The van der Waals surface area contributed by atoms with E-state index in [-0.39, 0.29) is 11.8 Å². The van der Waals surface area contributed by atoms with Crippen LogP contribution in [-0.2, 0) is 16.1 Å². The predicted molar refractivity (Wildman–Crippen MR) is 81.7 cm³/mol. The van der Waals surface area contributed by atoms with Crippen LogP contribution in [0.1, 0.15) is 44.2 Å². The van der Waals surface area contributed by atoms with Gasteiger partial charge in [-0.15, -0.1) is 0 Å². The van der Waals surface area contributed by atoms with Gasteiger partial charge in [0.25, 0.3) is 0 Å². The van der Waals surface area contributed by atoms with Crippen LogP contribution >= 0.6 is 0 Å². The van der Waals surface area contributed by atoms with Gasteiger partial charge in [0.1, 0.15) is 0 Å². The molecule has 21 heavy (non-hydrogen) atoms. The minimum atomic E-state index is -0.0857. The molecule has 0 aliphatic carbocycles. The molecule has 0 unspecified atom stereocenters. The maximum Gasteiger partial charge on any atom is 0.246 e. The molecule has 5 heteroatoms. The zero-order chi connectivity index (χ0) is 15.2. The highest BCUT2D eigenvalue weighted by Crippen LogP contribution is 2.11. The number of carbonyl (C=O) groups excluding carboxylic acids is 2. The molecule has 2 amide bonds. The van der Waals surface area contributed by atoms with Crippen molar-refractivity contribution in [3.63, 3.8) is 0 Å². The molecule has 2 rings (SSSR count). The highest BCUT2D eigenvalue weighted by Gasteiger charge is 2.16. The summed E-state index contributed by atoms with van der Waals surface area (Å²) in [7, 11) is 0. The third kappa shape index (κ3) is 4.70. The molecule has 112 valence electrons. The van der Waals surface area contributed by atoms with Crippen LogP contribution in [0.4, 0.5) is 0 Å². The first-order valence-corrected chi connectivity index (χ1v) is 7.26. The minimum absolute atomic E-state index is 0.0733. The minimum Gasteiger partial charge on any atom is -0.352 e. The number of nitrogens with one attached hydrogen (secondary N) is 2. The summed E-state index contributed by atoms with van der Waals surface area (Å²) >= 11 is 0. The Kier molecular flexibility index (Phi) is 5.09. The summed E-state index contributed by atoms with van der Waals surface area (Å²) in [5, 5.41) is 6.92. The van der Waals surface area contributed by atoms with E-state index in [1.807, 2.05) is 24.3 Å². The number of carbonyl (C=O) groups is 2. The van der Waals surface area contributed by atoms with E-state index >= 15 is 0 Å². The third-order valence-corrected chi connectivity index (χ3v) is 3.34. The molecule has 0 bridgehead atoms. The first kappa shape index (κ1) is 15.2. The predicted octanol–water partition coefficient (Wildman–Crippen LogP) is 1.96. The van der Waals surface area contributed by atoms with Crippen molar-refractivity contribution >= 4 is 17.5 Å². The van der Waals surface area contributed by atoms with E-state index in [0.717, 1.165) is 23.3 Å². The van der Waals surface area contributed by atoms with Gasteiger partial charge >= 0.3 is 0 Å². The normalized spacial score (nSPS) is 14.0. The van der Waals surface area contributed by atoms with E-state index in [0.29, 0.717) is 25.3 Å². The maximum atomic E-state index is 11.7. The van der Waals surface area contributed by atoms with E-state index in [1.54, 1.807) is 0 Å². The highest BCUT2D eigenvalue weighted by atomic mass is 16.2. The quantitative estimate of drug-likeness (QED) is 0.839. The van der Waals surface area contributed by atoms with Gasteiger partial charge in [-0.3, -0.25) is 9.59 Å². The Morgan fingerprint density at radius 2 is 2.24 bits per heavy atom. The molecule has 0 radical (unpaired) electrons. The van der Waals surface area contributed by atoms with Crippen LogP contribution in [0.2, 0.25) is 0 Å². The van der Waals surface area contributed by atoms with Crippen molar-refractivity contribution in [2.45, 2.75) is 39.7 Å². The van der Waals surface area contributed by atoms with Crippen molar-refractivity contribution < 1.29 is 9.59 Å². The van der Waals surface area contributed by atoms with Gasteiger partial charge in [-0.2, -0.15) is 5.10 Å². The lowest BCUT2D eigenvalue weighted by Crippen LogP contribution is -2.22. The Balaban J connectivity index is 1.89. The lowest BCUT2D eigenvalue weighted by molar-refractivity contribution is -0.121. The zero-order valence-electron chi connectivity index (χ0n) is 12.5. The second kappa shape index (κ2) is 7.02. The van der Waals surface area contributed by atoms with Gasteiger partial charge in [-0.05, 0) is 29.5 Å². The topological polar surface area (TPSA) is 70.6 Å². The molecule has 1 aliphatic rings. The molecular weight excluding hydrogens is 266 g/mol. The molecule has 5 nitrogen and oxygen atoms in total. The molecule has 0 saturated heterocycles. The molecule has 0 aromatic heterocycles. The van der Waals surface area contributed by atoms with E-state index in [4.69, 9.17) is 0 Å². The Hall–Kier alpha value is -2.17. The highest BCUT2D eigenvalue weighted by molar-refractivity contribution is 6.13. The summed E-state index contributed by atoms with van der Waals surface area (Å²) in [6, 6.07) is 7.75. The fraction of sp³-hybridized carbons (Fsp3) is 0.438. The Labute approximate surface area is 124 Å². The SMILES string of the molecule is CC(C)CCC(=O)NCc1cccc(C2=NNC(=O)C2)c1. The fourth-order valence-corrected chi connectivity index (χ4v) is 2.10. The summed E-state index contributed by atoms with van der Waals surface area (Å²) in [6.45, 7) is 4.71. The second-order valence-electron chi connectivity index (χ2n) is 5.68. The van der Waals surface area contributed by atoms with Crippen molar-refractivity contribution in [3.8, 4) is 0 Å². The number of hydrazone groups is 1. The standard InChI is InChI=1S/C16H21N3O2/c1-11(2)6-7-15(20)17-10-12-4-3-5-13(8-12)14-9-16(21)19-18-14/h3-5,8,11H,6-7,9-10H2,1-2H3,(H,17,20)(H,19,21). The zero-order valence-corrected chi connectivity index (χ0v) is 12.5. The maximum absolute atomic E-state index is 11.7. The average Bonchev–Trinajstić information content (AvgIpc) is 2.90. The van der Waals surface area contributed by atoms with Crippen LogP contribution in [0.5, 0.6) is 0 Å². The van der Waals surface area contributed by atoms with Gasteiger partial charge in [0, 0.05) is 13.0 Å². The molecule has 0 spiro atoms. The van der Waals surface area contributed by atoms with Crippen LogP contribution in [0, 0.1) is 5.92 Å². The molecule has 2 N–H and O–H groups in total. The lowest BCUT2D eigenvalue weighted by atomic mass is 10.0. The fourth-order valence-electron chi connectivity index (χ4n) is 2.10. The van der Waals surface area contributed by atoms with E-state index in [1.165, 1.54) is 0 Å². The van der Waals surface area contributed by atoms with Gasteiger partial charge in [-0.25, -0.2) is 5.43 Å². The molecule has 1 aromatic rings. The molecule has 0 atom stereocenters. The van der Waals surface area contributed by atoms with Crippen LogP contribution in [0.15, 0.2) is 29.4 Å².